The molecular weight excluding hydrogens is 359 g/mol. The second-order valence-electron chi connectivity index (χ2n) is 5.23. The maximum absolute atomic E-state index is 11.9. The van der Waals surface area contributed by atoms with Gasteiger partial charge >= 0.3 is 5.97 Å². The third kappa shape index (κ3) is 4.75. The number of halogens is 2. The van der Waals surface area contributed by atoms with Crippen molar-refractivity contribution in [2.45, 2.75) is 0 Å². The molecule has 0 aliphatic carbocycles. The van der Waals surface area contributed by atoms with Gasteiger partial charge in [-0.3, -0.25) is 0 Å². The molecule has 0 spiro atoms. The van der Waals surface area contributed by atoms with Crippen LogP contribution in [0.25, 0.3) is 11.1 Å². The molecule has 3 aromatic rings. The van der Waals surface area contributed by atoms with Crippen molar-refractivity contribution in [1.29, 1.82) is 0 Å². The first-order valence-electron chi connectivity index (χ1n) is 7.56. The molecule has 0 radical (unpaired) electrons. The third-order valence-corrected chi connectivity index (χ3v) is 3.98. The summed E-state index contributed by atoms with van der Waals surface area (Å²) in [5, 5.41) is 0.855. The van der Waals surface area contributed by atoms with Gasteiger partial charge in [0.25, 0.3) is 0 Å². The molecule has 0 heterocycles. The van der Waals surface area contributed by atoms with Crippen molar-refractivity contribution in [2.24, 2.45) is 0 Å². The summed E-state index contributed by atoms with van der Waals surface area (Å²) in [6.07, 6.45) is 0. The minimum absolute atomic E-state index is 0.263. The summed E-state index contributed by atoms with van der Waals surface area (Å²) in [6, 6.07) is 22.0. The summed E-state index contributed by atoms with van der Waals surface area (Å²) < 4.78 is 10.6. The molecule has 0 fully saturated rings. The molecular formula is C20H14Cl2O3. The van der Waals surface area contributed by atoms with Gasteiger partial charge in [0.2, 0.25) is 0 Å². The third-order valence-electron chi connectivity index (χ3n) is 3.43. The van der Waals surface area contributed by atoms with Gasteiger partial charge in [0.05, 0.1) is 5.02 Å². The van der Waals surface area contributed by atoms with Crippen molar-refractivity contribution in [3.63, 3.8) is 0 Å². The van der Waals surface area contributed by atoms with E-state index >= 15 is 0 Å². The van der Waals surface area contributed by atoms with Crippen LogP contribution in [0.5, 0.6) is 11.5 Å². The van der Waals surface area contributed by atoms with Gasteiger partial charge in [-0.05, 0) is 35.4 Å². The molecule has 0 atom stereocenters. The van der Waals surface area contributed by atoms with Gasteiger partial charge in [0, 0.05) is 11.1 Å². The molecule has 3 rings (SSSR count). The second-order valence-corrected chi connectivity index (χ2v) is 6.07. The van der Waals surface area contributed by atoms with E-state index in [9.17, 15) is 4.79 Å². The van der Waals surface area contributed by atoms with Crippen LogP contribution in [-0.4, -0.2) is 12.6 Å². The Morgan fingerprint density at radius 2 is 1.52 bits per heavy atom. The van der Waals surface area contributed by atoms with Gasteiger partial charge < -0.3 is 9.47 Å². The number of rotatable bonds is 5. The van der Waals surface area contributed by atoms with Crippen LogP contribution in [0.1, 0.15) is 0 Å². The van der Waals surface area contributed by atoms with E-state index in [0.717, 1.165) is 11.1 Å². The molecule has 0 amide bonds. The Hall–Kier alpha value is -2.49. The van der Waals surface area contributed by atoms with Crippen LogP contribution in [0.2, 0.25) is 10.0 Å². The number of esters is 1. The van der Waals surface area contributed by atoms with E-state index in [0.29, 0.717) is 21.5 Å². The maximum Gasteiger partial charge on any atom is 0.349 e. The summed E-state index contributed by atoms with van der Waals surface area (Å²) in [5.41, 5.74) is 2.14. The van der Waals surface area contributed by atoms with Crippen LogP contribution >= 0.6 is 23.2 Å². The molecule has 0 saturated carbocycles. The van der Waals surface area contributed by atoms with Crippen LogP contribution in [-0.2, 0) is 4.79 Å². The zero-order chi connectivity index (χ0) is 17.6. The number of ether oxygens (including phenoxy) is 2. The molecule has 5 heteroatoms. The van der Waals surface area contributed by atoms with E-state index in [1.54, 1.807) is 30.3 Å². The lowest BCUT2D eigenvalue weighted by molar-refractivity contribution is -0.136. The van der Waals surface area contributed by atoms with E-state index < -0.39 is 5.97 Å². The number of hydrogen-bond acceptors (Lipinski definition) is 3. The second kappa shape index (κ2) is 8.06. The fraction of sp³-hybridized carbons (Fsp3) is 0.0500. The molecule has 0 bridgehead atoms. The Morgan fingerprint density at radius 3 is 2.24 bits per heavy atom. The highest BCUT2D eigenvalue weighted by Crippen LogP contribution is 2.27. The van der Waals surface area contributed by atoms with E-state index in [2.05, 4.69) is 0 Å². The molecule has 25 heavy (non-hydrogen) atoms. The predicted octanol–water partition coefficient (Wildman–Crippen LogP) is 5.64. The maximum atomic E-state index is 11.9. The first-order valence-corrected chi connectivity index (χ1v) is 8.31. The lowest BCUT2D eigenvalue weighted by atomic mass is 10.1. The van der Waals surface area contributed by atoms with Gasteiger partial charge in [0.1, 0.15) is 11.5 Å². The standard InChI is InChI=1S/C20H14Cl2O3/c21-16-8-11-18(22)19(12-16)24-13-20(23)25-17-9-6-15(7-10-17)14-4-2-1-3-5-14/h1-12H,13H2. The monoisotopic (exact) mass is 372 g/mol. The summed E-state index contributed by atoms with van der Waals surface area (Å²) in [6.45, 7) is -0.263. The minimum atomic E-state index is -0.525. The van der Waals surface area contributed by atoms with Crippen molar-refractivity contribution >= 4 is 29.2 Å². The van der Waals surface area contributed by atoms with Crippen LogP contribution in [0, 0.1) is 0 Å². The van der Waals surface area contributed by atoms with Crippen molar-refractivity contribution < 1.29 is 14.3 Å². The Balaban J connectivity index is 1.59. The highest BCUT2D eigenvalue weighted by atomic mass is 35.5. The molecule has 0 saturated heterocycles. The molecule has 0 aliphatic rings. The normalized spacial score (nSPS) is 10.3. The highest BCUT2D eigenvalue weighted by molar-refractivity contribution is 6.34. The fourth-order valence-corrected chi connectivity index (χ4v) is 2.57. The van der Waals surface area contributed by atoms with Gasteiger partial charge in [-0.1, -0.05) is 65.7 Å². The number of hydrogen-bond donors (Lipinski definition) is 0. The first kappa shape index (κ1) is 17.3. The Kier molecular flexibility index (Phi) is 5.59. The van der Waals surface area contributed by atoms with Crippen molar-refractivity contribution in [1.82, 2.24) is 0 Å². The SMILES string of the molecule is O=C(COc1cc(Cl)ccc1Cl)Oc1ccc(-c2ccccc2)cc1. The number of carbonyl (C=O) groups is 1. The zero-order valence-corrected chi connectivity index (χ0v) is 14.6. The lowest BCUT2D eigenvalue weighted by Crippen LogP contribution is -2.17. The largest absolute Gasteiger partial charge is 0.480 e. The van der Waals surface area contributed by atoms with Crippen LogP contribution < -0.4 is 9.47 Å². The molecule has 126 valence electrons. The van der Waals surface area contributed by atoms with E-state index in [-0.39, 0.29) is 6.61 Å². The summed E-state index contributed by atoms with van der Waals surface area (Å²) in [7, 11) is 0. The quantitative estimate of drug-likeness (QED) is 0.429. The van der Waals surface area contributed by atoms with E-state index in [1.807, 2.05) is 42.5 Å². The zero-order valence-electron chi connectivity index (χ0n) is 13.1. The average Bonchev–Trinajstić information content (AvgIpc) is 2.64. The highest BCUT2D eigenvalue weighted by Gasteiger charge is 2.09. The summed E-state index contributed by atoms with van der Waals surface area (Å²) >= 11 is 11.9. The number of carbonyl (C=O) groups excluding carboxylic acids is 1. The predicted molar refractivity (Wildman–Crippen MR) is 99.5 cm³/mol. The number of benzene rings is 3. The molecule has 0 aliphatic heterocycles. The molecule has 3 aromatic carbocycles. The van der Waals surface area contributed by atoms with Gasteiger partial charge in [-0.25, -0.2) is 4.79 Å². The van der Waals surface area contributed by atoms with Gasteiger partial charge in [-0.2, -0.15) is 0 Å². The topological polar surface area (TPSA) is 35.5 Å². The van der Waals surface area contributed by atoms with Gasteiger partial charge in [-0.15, -0.1) is 0 Å². The minimum Gasteiger partial charge on any atom is -0.480 e. The molecule has 0 unspecified atom stereocenters. The average molecular weight is 373 g/mol. The molecule has 0 N–H and O–H groups in total. The smallest absolute Gasteiger partial charge is 0.349 e. The van der Waals surface area contributed by atoms with Crippen LogP contribution in [0.15, 0.2) is 72.8 Å². The fourth-order valence-electron chi connectivity index (χ4n) is 2.23. The van der Waals surface area contributed by atoms with Crippen molar-refractivity contribution in [2.75, 3.05) is 6.61 Å². The lowest BCUT2D eigenvalue weighted by Gasteiger charge is -2.09. The van der Waals surface area contributed by atoms with Crippen molar-refractivity contribution in [3.8, 4) is 22.6 Å². The summed E-state index contributed by atoms with van der Waals surface area (Å²) in [4.78, 5) is 11.9. The Morgan fingerprint density at radius 1 is 0.840 bits per heavy atom. The molecule has 3 nitrogen and oxygen atoms in total. The van der Waals surface area contributed by atoms with E-state index in [4.69, 9.17) is 32.7 Å². The van der Waals surface area contributed by atoms with Crippen molar-refractivity contribution in [3.05, 3.63) is 82.8 Å². The van der Waals surface area contributed by atoms with Crippen LogP contribution in [0.4, 0.5) is 0 Å². The Labute approximate surface area is 155 Å². The Bertz CT molecular complexity index is 862. The first-order chi connectivity index (χ1) is 12.1. The van der Waals surface area contributed by atoms with E-state index in [1.165, 1.54) is 0 Å². The summed E-state index contributed by atoms with van der Waals surface area (Å²) in [5.74, 6) is 0.263. The van der Waals surface area contributed by atoms with Crippen LogP contribution in [0.3, 0.4) is 0 Å². The van der Waals surface area contributed by atoms with Gasteiger partial charge in [0.15, 0.2) is 6.61 Å². The molecule has 0 aromatic heterocycles.